The normalized spacial score (nSPS) is 19.9. The van der Waals surface area contributed by atoms with Crippen LogP contribution in [0.4, 0.5) is 0 Å². The maximum atomic E-state index is 11.6. The highest BCUT2D eigenvalue weighted by molar-refractivity contribution is 5.87. The second kappa shape index (κ2) is 3.99. The fourth-order valence-electron chi connectivity index (χ4n) is 3.67. The van der Waals surface area contributed by atoms with E-state index in [0.717, 1.165) is 36.8 Å². The number of aliphatic carboxylic acids is 1. The van der Waals surface area contributed by atoms with Gasteiger partial charge >= 0.3 is 5.97 Å². The Bertz CT molecular complexity index is 568. The summed E-state index contributed by atoms with van der Waals surface area (Å²) in [6.07, 6.45) is 5.65. The molecule has 19 heavy (non-hydrogen) atoms. The van der Waals surface area contributed by atoms with Crippen molar-refractivity contribution in [2.45, 2.75) is 57.8 Å². The number of carboxylic acids is 1. The van der Waals surface area contributed by atoms with Crippen molar-refractivity contribution in [2.75, 3.05) is 0 Å². The van der Waals surface area contributed by atoms with Gasteiger partial charge in [0.05, 0.1) is 5.41 Å². The van der Waals surface area contributed by atoms with Crippen LogP contribution in [-0.4, -0.2) is 16.2 Å². The molecule has 0 atom stereocenters. The Labute approximate surface area is 113 Å². The average molecular weight is 260 g/mol. The number of phenolic OH excluding ortho intramolecular Hbond substituents is 1. The van der Waals surface area contributed by atoms with Crippen LogP contribution in [0.5, 0.6) is 5.75 Å². The van der Waals surface area contributed by atoms with Crippen molar-refractivity contribution in [3.8, 4) is 5.75 Å². The van der Waals surface area contributed by atoms with Gasteiger partial charge in [0.25, 0.3) is 0 Å². The van der Waals surface area contributed by atoms with E-state index in [4.69, 9.17) is 0 Å². The number of hydrogen-bond donors (Lipinski definition) is 2. The van der Waals surface area contributed by atoms with Gasteiger partial charge < -0.3 is 10.2 Å². The molecular formula is C16H20O3. The van der Waals surface area contributed by atoms with Gasteiger partial charge in [0.15, 0.2) is 0 Å². The van der Waals surface area contributed by atoms with Crippen LogP contribution in [-0.2, 0) is 23.1 Å². The lowest BCUT2D eigenvalue weighted by Crippen LogP contribution is -2.23. The van der Waals surface area contributed by atoms with E-state index in [1.165, 1.54) is 11.1 Å². The molecule has 1 fully saturated rings. The number of phenols is 1. The molecule has 0 heterocycles. The zero-order valence-corrected chi connectivity index (χ0v) is 11.5. The molecule has 3 heteroatoms. The van der Waals surface area contributed by atoms with Gasteiger partial charge in [-0.25, -0.2) is 0 Å². The van der Waals surface area contributed by atoms with Crippen LogP contribution in [0.2, 0.25) is 0 Å². The summed E-state index contributed by atoms with van der Waals surface area (Å²) >= 11 is 0. The van der Waals surface area contributed by atoms with Gasteiger partial charge in [0.1, 0.15) is 5.75 Å². The standard InChI is InChI=1S/C16H20O3/c1-9-11-5-3-4-6-12(11)10(2)14(17)13(9)16(7-8-16)15(18)19/h17H,3-8H2,1-2H3,(H,18,19). The largest absolute Gasteiger partial charge is 0.507 e. The molecule has 0 amide bonds. The van der Waals surface area contributed by atoms with Crippen molar-refractivity contribution in [3.63, 3.8) is 0 Å². The molecule has 1 aromatic carbocycles. The molecule has 0 aromatic heterocycles. The maximum absolute atomic E-state index is 11.6. The Morgan fingerprint density at radius 1 is 1.05 bits per heavy atom. The molecule has 1 aromatic rings. The van der Waals surface area contributed by atoms with E-state index in [1.54, 1.807) is 0 Å². The minimum absolute atomic E-state index is 0.234. The van der Waals surface area contributed by atoms with E-state index in [0.29, 0.717) is 18.4 Å². The topological polar surface area (TPSA) is 57.5 Å². The predicted molar refractivity (Wildman–Crippen MR) is 72.8 cm³/mol. The Balaban J connectivity index is 2.26. The summed E-state index contributed by atoms with van der Waals surface area (Å²) in [4.78, 5) is 11.6. The number of rotatable bonds is 2. The molecule has 3 nitrogen and oxygen atoms in total. The molecular weight excluding hydrogens is 240 g/mol. The number of aromatic hydroxyl groups is 1. The van der Waals surface area contributed by atoms with Crippen molar-refractivity contribution in [1.29, 1.82) is 0 Å². The van der Waals surface area contributed by atoms with Gasteiger partial charge in [0, 0.05) is 5.56 Å². The molecule has 3 rings (SSSR count). The minimum atomic E-state index is -0.814. The van der Waals surface area contributed by atoms with Gasteiger partial charge in [-0.1, -0.05) is 0 Å². The highest BCUT2D eigenvalue weighted by Crippen LogP contribution is 2.54. The van der Waals surface area contributed by atoms with Crippen molar-refractivity contribution >= 4 is 5.97 Å². The van der Waals surface area contributed by atoms with Crippen LogP contribution in [0.1, 0.15) is 53.5 Å². The number of fused-ring (bicyclic) bond motifs is 1. The number of carboxylic acid groups (broad SMARTS) is 1. The van der Waals surface area contributed by atoms with Gasteiger partial charge in [-0.05, 0) is 74.6 Å². The first-order valence-corrected chi connectivity index (χ1v) is 7.07. The van der Waals surface area contributed by atoms with Gasteiger partial charge in [-0.3, -0.25) is 4.79 Å². The Morgan fingerprint density at radius 3 is 2.05 bits per heavy atom. The lowest BCUT2D eigenvalue weighted by atomic mass is 9.79. The monoisotopic (exact) mass is 260 g/mol. The molecule has 0 bridgehead atoms. The van der Waals surface area contributed by atoms with E-state index in [9.17, 15) is 15.0 Å². The Kier molecular flexibility index (Phi) is 2.63. The molecule has 0 unspecified atom stereocenters. The van der Waals surface area contributed by atoms with Crippen LogP contribution in [0, 0.1) is 13.8 Å². The summed E-state index contributed by atoms with van der Waals surface area (Å²) in [5.41, 5.74) is 4.36. The lowest BCUT2D eigenvalue weighted by Gasteiger charge is -2.26. The fraction of sp³-hybridized carbons (Fsp3) is 0.562. The summed E-state index contributed by atoms with van der Waals surface area (Å²) in [6.45, 7) is 3.92. The maximum Gasteiger partial charge on any atom is 0.314 e. The third-order valence-corrected chi connectivity index (χ3v) is 4.98. The Morgan fingerprint density at radius 2 is 1.58 bits per heavy atom. The number of benzene rings is 1. The van der Waals surface area contributed by atoms with Crippen molar-refractivity contribution in [1.82, 2.24) is 0 Å². The van der Waals surface area contributed by atoms with E-state index >= 15 is 0 Å². The highest BCUT2D eigenvalue weighted by Gasteiger charge is 2.54. The number of hydrogen-bond acceptors (Lipinski definition) is 2. The van der Waals surface area contributed by atoms with Crippen LogP contribution in [0.3, 0.4) is 0 Å². The SMILES string of the molecule is Cc1c(O)c(C2(C(=O)O)CC2)c(C)c2c1CCCC2. The van der Waals surface area contributed by atoms with Gasteiger partial charge in [-0.15, -0.1) is 0 Å². The van der Waals surface area contributed by atoms with Gasteiger partial charge in [-0.2, -0.15) is 0 Å². The van der Waals surface area contributed by atoms with E-state index in [-0.39, 0.29) is 5.75 Å². The molecule has 2 aliphatic carbocycles. The smallest absolute Gasteiger partial charge is 0.314 e. The lowest BCUT2D eigenvalue weighted by molar-refractivity contribution is -0.140. The molecule has 0 radical (unpaired) electrons. The minimum Gasteiger partial charge on any atom is -0.507 e. The molecule has 0 spiro atoms. The van der Waals surface area contributed by atoms with E-state index < -0.39 is 11.4 Å². The van der Waals surface area contributed by atoms with Gasteiger partial charge in [0.2, 0.25) is 0 Å². The molecule has 0 saturated heterocycles. The molecule has 0 aliphatic heterocycles. The fourth-order valence-corrected chi connectivity index (χ4v) is 3.67. The molecule has 1 saturated carbocycles. The first kappa shape index (κ1) is 12.5. The molecule has 102 valence electrons. The third-order valence-electron chi connectivity index (χ3n) is 4.98. The second-order valence-electron chi connectivity index (χ2n) is 6.03. The second-order valence-corrected chi connectivity index (χ2v) is 6.03. The zero-order valence-electron chi connectivity index (χ0n) is 11.5. The quantitative estimate of drug-likeness (QED) is 0.859. The van der Waals surface area contributed by atoms with Crippen LogP contribution in [0.25, 0.3) is 0 Å². The van der Waals surface area contributed by atoms with Crippen LogP contribution >= 0.6 is 0 Å². The number of carbonyl (C=O) groups is 1. The highest BCUT2D eigenvalue weighted by atomic mass is 16.4. The first-order valence-electron chi connectivity index (χ1n) is 7.07. The molecule has 2 aliphatic rings. The van der Waals surface area contributed by atoms with Crippen molar-refractivity contribution < 1.29 is 15.0 Å². The van der Waals surface area contributed by atoms with E-state index in [1.807, 2.05) is 13.8 Å². The van der Waals surface area contributed by atoms with Crippen LogP contribution < -0.4 is 0 Å². The van der Waals surface area contributed by atoms with Crippen molar-refractivity contribution in [3.05, 3.63) is 27.8 Å². The summed E-state index contributed by atoms with van der Waals surface area (Å²) < 4.78 is 0. The van der Waals surface area contributed by atoms with E-state index in [2.05, 4.69) is 0 Å². The van der Waals surface area contributed by atoms with Crippen molar-refractivity contribution in [2.24, 2.45) is 0 Å². The summed E-state index contributed by atoms with van der Waals surface area (Å²) in [7, 11) is 0. The first-order chi connectivity index (χ1) is 8.99. The summed E-state index contributed by atoms with van der Waals surface area (Å²) in [6, 6.07) is 0. The van der Waals surface area contributed by atoms with Crippen LogP contribution in [0.15, 0.2) is 0 Å². The zero-order chi connectivity index (χ0) is 13.8. The third kappa shape index (κ3) is 1.60. The Hall–Kier alpha value is -1.51. The summed E-state index contributed by atoms with van der Waals surface area (Å²) in [5, 5.41) is 20.0. The average Bonchev–Trinajstić information content (AvgIpc) is 3.18. The molecule has 2 N–H and O–H groups in total. The summed E-state index contributed by atoms with van der Waals surface area (Å²) in [5.74, 6) is -0.556. The predicted octanol–water partition coefficient (Wildman–Crippen LogP) is 3.00.